The molecule has 1 unspecified atom stereocenters. The van der Waals surface area contributed by atoms with Gasteiger partial charge in [0.1, 0.15) is 11.9 Å². The number of nitriles is 1. The van der Waals surface area contributed by atoms with Gasteiger partial charge in [-0.25, -0.2) is 8.42 Å². The van der Waals surface area contributed by atoms with Gasteiger partial charge < -0.3 is 15.2 Å². The average molecular weight is 518 g/mol. The molecule has 4 rings (SSSR count). The molecule has 2 N–H and O–H groups in total. The number of fused-ring (bicyclic) bond motifs is 1. The number of hydrogen-bond acceptors (Lipinski definition) is 6. The topological polar surface area (TPSA) is 120 Å². The van der Waals surface area contributed by atoms with E-state index in [9.17, 15) is 18.3 Å². The molecule has 1 heterocycles. The molecule has 0 saturated carbocycles. The number of sulfonamides is 1. The maximum atomic E-state index is 13.5. The quantitative estimate of drug-likeness (QED) is 0.526. The van der Waals surface area contributed by atoms with Gasteiger partial charge in [-0.1, -0.05) is 35.3 Å². The number of nitrogens with zero attached hydrogens (tertiary/aromatic N) is 2. The van der Waals surface area contributed by atoms with Crippen LogP contribution < -0.4 is 14.4 Å². The Labute approximate surface area is 206 Å². The molecule has 1 aliphatic rings. The summed E-state index contributed by atoms with van der Waals surface area (Å²) in [6, 6.07) is 16.7. The third kappa shape index (κ3) is 4.54. The number of carbonyl (C=O) groups excluding carboxylic acids is 1. The highest BCUT2D eigenvalue weighted by atomic mass is 35.5. The van der Waals surface area contributed by atoms with Crippen molar-refractivity contribution in [1.82, 2.24) is 0 Å². The monoisotopic (exact) mass is 517 g/mol. The Balaban J connectivity index is 1.74. The molecular weight excluding hydrogens is 501 g/mol. The molecule has 0 fully saturated rings. The SMILES string of the molecule is N#Cc1cccc(S(=O)(=O)N2CC(CO)Oc3ccc(NC(=O)c4c(Cl)cccc4Cl)cc32)c1. The smallest absolute Gasteiger partial charge is 0.264 e. The molecule has 0 aliphatic carbocycles. The van der Waals surface area contributed by atoms with E-state index in [0.29, 0.717) is 0 Å². The largest absolute Gasteiger partial charge is 0.484 e. The second kappa shape index (κ2) is 9.52. The Morgan fingerprint density at radius 1 is 1.15 bits per heavy atom. The highest BCUT2D eigenvalue weighted by Gasteiger charge is 2.35. The Bertz CT molecular complexity index is 1400. The van der Waals surface area contributed by atoms with Gasteiger partial charge in [0.15, 0.2) is 0 Å². The highest BCUT2D eigenvalue weighted by Crippen LogP contribution is 2.39. The van der Waals surface area contributed by atoms with Gasteiger partial charge in [-0.2, -0.15) is 5.26 Å². The lowest BCUT2D eigenvalue weighted by Gasteiger charge is -2.35. The fourth-order valence-electron chi connectivity index (χ4n) is 3.47. The molecule has 34 heavy (non-hydrogen) atoms. The van der Waals surface area contributed by atoms with Gasteiger partial charge in [-0.05, 0) is 48.5 Å². The average Bonchev–Trinajstić information content (AvgIpc) is 2.83. The number of aliphatic hydroxyl groups is 1. The second-order valence-electron chi connectivity index (χ2n) is 7.33. The van der Waals surface area contributed by atoms with Crippen molar-refractivity contribution in [3.8, 4) is 11.8 Å². The Hall–Kier alpha value is -3.29. The second-order valence-corrected chi connectivity index (χ2v) is 10.0. The Kier molecular flexibility index (Phi) is 6.68. The van der Waals surface area contributed by atoms with Crippen LogP contribution in [0.2, 0.25) is 10.0 Å². The molecule has 0 saturated heterocycles. The minimum Gasteiger partial charge on any atom is -0.484 e. The van der Waals surface area contributed by atoms with Crippen molar-refractivity contribution >= 4 is 50.5 Å². The van der Waals surface area contributed by atoms with E-state index in [1.807, 2.05) is 6.07 Å². The number of rotatable bonds is 5. The summed E-state index contributed by atoms with van der Waals surface area (Å²) >= 11 is 12.2. The summed E-state index contributed by atoms with van der Waals surface area (Å²) in [6.07, 6.45) is -0.802. The van der Waals surface area contributed by atoms with Crippen LogP contribution in [0.15, 0.2) is 65.6 Å². The number of carbonyl (C=O) groups is 1. The van der Waals surface area contributed by atoms with Crippen LogP contribution in [0.3, 0.4) is 0 Å². The number of aliphatic hydroxyl groups excluding tert-OH is 1. The minimum atomic E-state index is -4.13. The number of anilines is 2. The molecule has 0 bridgehead atoms. The third-order valence-corrected chi connectivity index (χ3v) is 7.50. The van der Waals surface area contributed by atoms with Crippen molar-refractivity contribution < 1.29 is 23.1 Å². The van der Waals surface area contributed by atoms with E-state index in [4.69, 9.17) is 33.2 Å². The Morgan fingerprint density at radius 2 is 1.85 bits per heavy atom. The van der Waals surface area contributed by atoms with Gasteiger partial charge in [0.2, 0.25) is 0 Å². The van der Waals surface area contributed by atoms with Crippen LogP contribution in [0.25, 0.3) is 0 Å². The van der Waals surface area contributed by atoms with Gasteiger partial charge in [0.25, 0.3) is 15.9 Å². The van der Waals surface area contributed by atoms with Crippen LogP contribution >= 0.6 is 23.2 Å². The summed E-state index contributed by atoms with van der Waals surface area (Å²) in [6.45, 7) is -0.580. The van der Waals surface area contributed by atoms with E-state index >= 15 is 0 Å². The lowest BCUT2D eigenvalue weighted by molar-refractivity contribution is 0.102. The summed E-state index contributed by atoms with van der Waals surface area (Å²) in [5.41, 5.74) is 0.704. The van der Waals surface area contributed by atoms with Crippen molar-refractivity contribution in [1.29, 1.82) is 5.26 Å². The summed E-state index contributed by atoms with van der Waals surface area (Å²) in [7, 11) is -4.13. The number of ether oxygens (including phenoxy) is 1. The van der Waals surface area contributed by atoms with Crippen LogP contribution in [0.5, 0.6) is 5.75 Å². The molecule has 3 aromatic rings. The van der Waals surface area contributed by atoms with Crippen molar-refractivity contribution in [2.45, 2.75) is 11.0 Å². The van der Waals surface area contributed by atoms with E-state index in [1.165, 1.54) is 54.6 Å². The van der Waals surface area contributed by atoms with Gasteiger partial charge in [-0.3, -0.25) is 9.10 Å². The maximum absolute atomic E-state index is 13.5. The lowest BCUT2D eigenvalue weighted by atomic mass is 10.1. The van der Waals surface area contributed by atoms with E-state index in [2.05, 4.69) is 5.32 Å². The van der Waals surface area contributed by atoms with Crippen LogP contribution in [-0.2, 0) is 10.0 Å². The van der Waals surface area contributed by atoms with Crippen LogP contribution in [0.4, 0.5) is 11.4 Å². The molecule has 1 amide bonds. The molecule has 0 aromatic heterocycles. The van der Waals surface area contributed by atoms with E-state index in [0.717, 1.165) is 4.31 Å². The van der Waals surface area contributed by atoms with Crippen LogP contribution in [0, 0.1) is 11.3 Å². The van der Waals surface area contributed by atoms with Crippen LogP contribution in [0.1, 0.15) is 15.9 Å². The van der Waals surface area contributed by atoms with Gasteiger partial charge in [0, 0.05) is 5.69 Å². The van der Waals surface area contributed by atoms with E-state index in [-0.39, 0.29) is 49.7 Å². The summed E-state index contributed by atoms with van der Waals surface area (Å²) in [5, 5.41) is 21.8. The van der Waals surface area contributed by atoms with Gasteiger partial charge in [-0.15, -0.1) is 0 Å². The summed E-state index contributed by atoms with van der Waals surface area (Å²) in [4.78, 5) is 12.7. The normalized spacial score (nSPS) is 15.1. The zero-order valence-corrected chi connectivity index (χ0v) is 19.7. The number of halogens is 2. The predicted octanol–water partition coefficient (Wildman–Crippen LogP) is 4.07. The fourth-order valence-corrected chi connectivity index (χ4v) is 5.59. The first-order valence-electron chi connectivity index (χ1n) is 9.94. The fraction of sp³-hybridized carbons (Fsp3) is 0.130. The molecule has 8 nitrogen and oxygen atoms in total. The molecular formula is C23H17Cl2N3O5S. The number of hydrogen-bond donors (Lipinski definition) is 2. The van der Waals surface area contributed by atoms with Crippen LogP contribution in [-0.4, -0.2) is 38.7 Å². The molecule has 0 spiro atoms. The molecule has 11 heteroatoms. The summed E-state index contributed by atoms with van der Waals surface area (Å²) < 4.78 is 33.8. The first kappa shape index (κ1) is 23.9. The first-order chi connectivity index (χ1) is 16.2. The van der Waals surface area contributed by atoms with Gasteiger partial charge >= 0.3 is 0 Å². The summed E-state index contributed by atoms with van der Waals surface area (Å²) in [5.74, 6) is -0.365. The number of benzene rings is 3. The molecule has 3 aromatic carbocycles. The third-order valence-electron chi connectivity index (χ3n) is 5.09. The molecule has 1 atom stereocenters. The van der Waals surface area contributed by atoms with Gasteiger partial charge in [0.05, 0.1) is 51.0 Å². The molecule has 1 aliphatic heterocycles. The number of nitrogens with one attached hydrogen (secondary N) is 1. The van der Waals surface area contributed by atoms with E-state index in [1.54, 1.807) is 6.07 Å². The van der Waals surface area contributed by atoms with E-state index < -0.39 is 28.6 Å². The minimum absolute atomic E-state index is 0.0814. The predicted molar refractivity (Wildman–Crippen MR) is 128 cm³/mol. The highest BCUT2D eigenvalue weighted by molar-refractivity contribution is 7.92. The standard InChI is InChI=1S/C23H17Cl2N3O5S/c24-18-5-2-6-19(25)22(18)23(30)27-15-7-8-21-20(10-15)28(12-16(13-29)33-21)34(31,32)17-4-1-3-14(9-17)11-26/h1-10,16,29H,12-13H2,(H,27,30). The number of amides is 1. The zero-order valence-electron chi connectivity index (χ0n) is 17.4. The van der Waals surface area contributed by atoms with Crippen molar-refractivity contribution in [3.63, 3.8) is 0 Å². The zero-order chi connectivity index (χ0) is 24.5. The van der Waals surface area contributed by atoms with Crippen molar-refractivity contribution in [2.75, 3.05) is 22.8 Å². The Morgan fingerprint density at radius 3 is 2.53 bits per heavy atom. The lowest BCUT2D eigenvalue weighted by Crippen LogP contribution is -2.45. The molecule has 174 valence electrons. The molecule has 0 radical (unpaired) electrons. The first-order valence-corrected chi connectivity index (χ1v) is 12.1. The maximum Gasteiger partial charge on any atom is 0.264 e. The van der Waals surface area contributed by atoms with Crippen molar-refractivity contribution in [3.05, 3.63) is 81.8 Å². The van der Waals surface area contributed by atoms with Crippen molar-refractivity contribution in [2.24, 2.45) is 0 Å².